The molecule has 3 aliphatic rings. The Morgan fingerprint density at radius 1 is 1.02 bits per heavy atom. The summed E-state index contributed by atoms with van der Waals surface area (Å²) in [7, 11) is 1.64. The zero-order valence-corrected chi connectivity index (χ0v) is 24.7. The van der Waals surface area contributed by atoms with E-state index in [1.54, 1.807) is 25.5 Å². The first-order chi connectivity index (χ1) is 20.1. The number of aliphatic hydroxyl groups is 1. The minimum atomic E-state index is -0.833. The molecule has 3 aromatic heterocycles. The van der Waals surface area contributed by atoms with E-state index in [1.165, 1.54) is 0 Å². The van der Waals surface area contributed by atoms with Crippen LogP contribution in [0.15, 0.2) is 30.6 Å². The van der Waals surface area contributed by atoms with E-state index in [1.807, 2.05) is 42.7 Å². The fraction of sp³-hybridized carbons (Fsp3) is 0.567. The minimum Gasteiger partial charge on any atom is -0.444 e. The topological polar surface area (TPSA) is 138 Å². The second-order valence-corrected chi connectivity index (χ2v) is 12.6. The molecule has 3 N–H and O–H groups in total. The molecule has 0 radical (unpaired) electrons. The Labute approximate surface area is 245 Å². The number of aromatic nitrogens is 4. The van der Waals surface area contributed by atoms with Crippen LogP contribution in [0.1, 0.15) is 87.6 Å². The van der Waals surface area contributed by atoms with Crippen molar-refractivity contribution in [1.82, 2.24) is 34.6 Å². The van der Waals surface area contributed by atoms with E-state index in [2.05, 4.69) is 25.2 Å². The van der Waals surface area contributed by atoms with Crippen LogP contribution in [0.4, 0.5) is 16.6 Å². The smallest absolute Gasteiger partial charge is 0.410 e. The molecule has 5 heterocycles. The van der Waals surface area contributed by atoms with E-state index in [4.69, 9.17) is 9.72 Å². The predicted octanol–water partition coefficient (Wildman–Crippen LogP) is 4.12. The van der Waals surface area contributed by atoms with E-state index >= 15 is 0 Å². The number of aliphatic hydroxyl groups excluding tert-OH is 1. The molecule has 1 aliphatic carbocycles. The predicted molar refractivity (Wildman–Crippen MR) is 157 cm³/mol. The minimum absolute atomic E-state index is 0.0151. The average molecular weight is 577 g/mol. The van der Waals surface area contributed by atoms with Gasteiger partial charge in [0.1, 0.15) is 29.0 Å². The van der Waals surface area contributed by atoms with E-state index in [0.29, 0.717) is 36.1 Å². The first kappa shape index (κ1) is 28.4. The number of pyridine rings is 1. The Bertz CT molecular complexity index is 1450. The van der Waals surface area contributed by atoms with Gasteiger partial charge in [0.05, 0.1) is 0 Å². The Morgan fingerprint density at radius 3 is 2.36 bits per heavy atom. The molecule has 2 amide bonds. The molecule has 6 rings (SSSR count). The fourth-order valence-corrected chi connectivity index (χ4v) is 6.61. The number of rotatable bonds is 6. The summed E-state index contributed by atoms with van der Waals surface area (Å²) in [5.41, 5.74) is 1.46. The third kappa shape index (κ3) is 5.52. The van der Waals surface area contributed by atoms with Gasteiger partial charge in [-0.3, -0.25) is 14.6 Å². The van der Waals surface area contributed by atoms with Gasteiger partial charge >= 0.3 is 6.09 Å². The summed E-state index contributed by atoms with van der Waals surface area (Å²) in [5.74, 6) is 0.800. The van der Waals surface area contributed by atoms with Crippen molar-refractivity contribution in [2.24, 2.45) is 0 Å². The molecule has 3 aromatic rings. The number of hydrogen-bond acceptors (Lipinski definition) is 9. The van der Waals surface area contributed by atoms with Gasteiger partial charge in [0.2, 0.25) is 5.95 Å². The van der Waals surface area contributed by atoms with Gasteiger partial charge in [0.25, 0.3) is 5.91 Å². The van der Waals surface area contributed by atoms with Crippen LogP contribution in [0.25, 0.3) is 11.0 Å². The van der Waals surface area contributed by atoms with Crippen LogP contribution in [-0.2, 0) is 4.74 Å². The van der Waals surface area contributed by atoms with Gasteiger partial charge in [0, 0.05) is 61.6 Å². The second kappa shape index (κ2) is 11.1. The molecule has 12 heteroatoms. The molecule has 42 heavy (non-hydrogen) atoms. The van der Waals surface area contributed by atoms with E-state index in [0.717, 1.165) is 49.6 Å². The molecule has 3 fully saturated rings. The molecule has 0 spiro atoms. The number of amides is 2. The molecule has 2 saturated heterocycles. The SMILES string of the molecule is CNC(=O)c1cc2cnc(Nc3ccc(C(O)N4CC5CCC(C4)N5C(=O)OC(C)(C)C)cn3)nc2n1C1CCCC1. The number of piperazine rings is 1. The van der Waals surface area contributed by atoms with Gasteiger partial charge in [-0.15, -0.1) is 0 Å². The molecule has 3 unspecified atom stereocenters. The highest BCUT2D eigenvalue weighted by atomic mass is 16.6. The van der Waals surface area contributed by atoms with Crippen LogP contribution < -0.4 is 10.6 Å². The van der Waals surface area contributed by atoms with Crippen molar-refractivity contribution < 1.29 is 19.4 Å². The van der Waals surface area contributed by atoms with E-state index in [-0.39, 0.29) is 30.1 Å². The van der Waals surface area contributed by atoms with Crippen molar-refractivity contribution in [3.63, 3.8) is 0 Å². The van der Waals surface area contributed by atoms with Crippen molar-refractivity contribution in [3.05, 3.63) is 41.9 Å². The van der Waals surface area contributed by atoms with Gasteiger partial charge in [-0.2, -0.15) is 4.98 Å². The van der Waals surface area contributed by atoms with Crippen LogP contribution in [0.5, 0.6) is 0 Å². The molecule has 2 bridgehead atoms. The lowest BCUT2D eigenvalue weighted by molar-refractivity contribution is -0.0574. The van der Waals surface area contributed by atoms with Crippen LogP contribution in [0.2, 0.25) is 0 Å². The van der Waals surface area contributed by atoms with Gasteiger partial charge in [-0.1, -0.05) is 12.8 Å². The number of carbonyl (C=O) groups is 2. The van der Waals surface area contributed by atoms with Gasteiger partial charge in [-0.05, 0) is 64.7 Å². The first-order valence-corrected chi connectivity index (χ1v) is 14.9. The molecule has 224 valence electrons. The Kier molecular flexibility index (Phi) is 7.52. The lowest BCUT2D eigenvalue weighted by Gasteiger charge is -2.42. The van der Waals surface area contributed by atoms with Crippen LogP contribution in [0.3, 0.4) is 0 Å². The Balaban J connectivity index is 1.15. The highest BCUT2D eigenvalue weighted by Crippen LogP contribution is 2.36. The molecule has 2 aliphatic heterocycles. The number of hydrogen-bond donors (Lipinski definition) is 3. The summed E-state index contributed by atoms with van der Waals surface area (Å²) < 4.78 is 7.68. The fourth-order valence-electron chi connectivity index (χ4n) is 6.61. The Hall–Kier alpha value is -3.77. The largest absolute Gasteiger partial charge is 0.444 e. The summed E-state index contributed by atoms with van der Waals surface area (Å²) >= 11 is 0. The maximum atomic E-state index is 12.8. The summed E-state index contributed by atoms with van der Waals surface area (Å²) in [4.78, 5) is 43.0. The molecule has 0 aromatic carbocycles. The number of nitrogens with zero attached hydrogens (tertiary/aromatic N) is 6. The quantitative estimate of drug-likeness (QED) is 0.396. The normalized spacial score (nSPS) is 22.0. The summed E-state index contributed by atoms with van der Waals surface area (Å²) in [6.07, 6.45) is 8.37. The Morgan fingerprint density at radius 2 is 1.74 bits per heavy atom. The number of carbonyl (C=O) groups excluding carboxylic acids is 2. The molecular weight excluding hydrogens is 536 g/mol. The van der Waals surface area contributed by atoms with E-state index < -0.39 is 11.8 Å². The van der Waals surface area contributed by atoms with Crippen molar-refractivity contribution in [2.75, 3.05) is 25.5 Å². The summed E-state index contributed by atoms with van der Waals surface area (Å²) in [5, 5.41) is 17.9. The van der Waals surface area contributed by atoms with E-state index in [9.17, 15) is 14.7 Å². The summed E-state index contributed by atoms with van der Waals surface area (Å²) in [6.45, 7) is 6.77. The average Bonchev–Trinajstić information content (AvgIpc) is 3.68. The zero-order valence-electron chi connectivity index (χ0n) is 24.7. The number of fused-ring (bicyclic) bond motifs is 3. The maximum absolute atomic E-state index is 12.8. The van der Waals surface area contributed by atoms with Crippen molar-refractivity contribution >= 4 is 34.8 Å². The first-order valence-electron chi connectivity index (χ1n) is 14.9. The third-order valence-corrected chi connectivity index (χ3v) is 8.51. The van der Waals surface area contributed by atoms with Gasteiger partial charge in [0.15, 0.2) is 0 Å². The molecule has 12 nitrogen and oxygen atoms in total. The highest BCUT2D eigenvalue weighted by Gasteiger charge is 2.45. The van der Waals surface area contributed by atoms with Crippen molar-refractivity contribution in [1.29, 1.82) is 0 Å². The number of anilines is 2. The van der Waals surface area contributed by atoms with Crippen molar-refractivity contribution in [3.8, 4) is 0 Å². The maximum Gasteiger partial charge on any atom is 0.410 e. The molecule has 1 saturated carbocycles. The number of likely N-dealkylation sites (tertiary alicyclic amines) is 1. The van der Waals surface area contributed by atoms with Crippen LogP contribution >= 0.6 is 0 Å². The van der Waals surface area contributed by atoms with Crippen molar-refractivity contribution in [2.45, 2.75) is 89.3 Å². The van der Waals surface area contributed by atoms with Gasteiger partial charge in [-0.25, -0.2) is 14.8 Å². The summed E-state index contributed by atoms with van der Waals surface area (Å²) in [6, 6.07) is 5.75. The van der Waals surface area contributed by atoms with Crippen LogP contribution in [-0.4, -0.2) is 84.2 Å². The number of nitrogens with one attached hydrogen (secondary N) is 2. The number of ether oxygens (including phenoxy) is 1. The monoisotopic (exact) mass is 576 g/mol. The van der Waals surface area contributed by atoms with Gasteiger partial charge < -0.3 is 25.0 Å². The third-order valence-electron chi connectivity index (χ3n) is 8.51. The lowest BCUT2D eigenvalue weighted by atomic mass is 10.1. The molecular formula is C30H40N8O4. The standard InChI is InChI=1S/C30H40N8O4/c1-30(2,3)42-29(41)37-21-10-11-22(37)17-36(16-21)27(40)18-9-12-24(32-14-18)34-28-33-15-19-13-23(26(39)31-4)38(25(19)35-28)20-7-5-6-8-20/h9,12-15,20-22,27,40H,5-8,10-11,16-17H2,1-4H3,(H,31,39)(H,32,33,34,35). The lowest BCUT2D eigenvalue weighted by Crippen LogP contribution is -2.57. The zero-order chi connectivity index (χ0) is 29.6. The van der Waals surface area contributed by atoms with Crippen LogP contribution in [0, 0.1) is 0 Å². The second-order valence-electron chi connectivity index (χ2n) is 12.6. The highest BCUT2D eigenvalue weighted by molar-refractivity contribution is 5.98. The molecule has 3 atom stereocenters.